The molecule has 0 unspecified atom stereocenters. The molecule has 0 radical (unpaired) electrons. The fourth-order valence-electron chi connectivity index (χ4n) is 2.23. The van der Waals surface area contributed by atoms with Gasteiger partial charge in [0.1, 0.15) is 23.0 Å². The van der Waals surface area contributed by atoms with Gasteiger partial charge >= 0.3 is 84.3 Å². The van der Waals surface area contributed by atoms with Gasteiger partial charge in [-0.25, -0.2) is 0 Å². The van der Waals surface area contributed by atoms with Gasteiger partial charge < -0.3 is 57.3 Å². The molecule has 0 saturated heterocycles. The van der Waals surface area contributed by atoms with Crippen molar-refractivity contribution >= 4 is 50.3 Å². The van der Waals surface area contributed by atoms with Crippen molar-refractivity contribution in [3.05, 3.63) is 121 Å². The topological polar surface area (TPSA) is 173 Å². The van der Waals surface area contributed by atoms with Gasteiger partial charge in [-0.15, -0.1) is 0 Å². The van der Waals surface area contributed by atoms with E-state index in [1.807, 2.05) is 121 Å². The molecule has 4 aromatic carbocycles. The van der Waals surface area contributed by atoms with E-state index in [1.165, 1.54) is 106 Å². The van der Waals surface area contributed by atoms with E-state index in [-0.39, 0.29) is 114 Å². The summed E-state index contributed by atoms with van der Waals surface area (Å²) in [6.07, 6.45) is 12.0. The first-order valence-corrected chi connectivity index (χ1v) is 15.7. The van der Waals surface area contributed by atoms with Crippen LogP contribution in [0.1, 0.15) is 85.1 Å². The first kappa shape index (κ1) is 108. The SMILES string of the molecule is C.C.C.C.COc1ccccc1.COc1ccccc1.COc1ccccc1.COc1ccccc1.C[C-]=O.C[C-]=O.C[C-]=O.C[C-]=O.C[C-]=O.C[C-]=O.C[C-]=O.C[C-]=O.[W+2].[W+2].[W+2].[W+2]. The van der Waals surface area contributed by atoms with Crippen LogP contribution < -0.4 is 18.9 Å². The minimum atomic E-state index is 0. The summed E-state index contributed by atoms with van der Waals surface area (Å²) in [5.74, 6) is 3.64. The number of hydrogen-bond donors (Lipinski definition) is 0. The fraction of sp³-hybridized carbons (Fsp3) is 0.333. The Kier molecular flexibility index (Phi) is 209. The van der Waals surface area contributed by atoms with Crippen LogP contribution in [0.3, 0.4) is 0 Å². The molecule has 12 nitrogen and oxygen atoms in total. The van der Waals surface area contributed by atoms with Crippen LogP contribution in [-0.4, -0.2) is 78.7 Å². The second-order valence-corrected chi connectivity index (χ2v) is 7.70. The number of carbonyl (C=O) groups excluding carboxylic acids is 8. The molecule has 0 aliphatic carbocycles. The Hall–Kier alpha value is -3.81. The van der Waals surface area contributed by atoms with E-state index in [9.17, 15) is 0 Å². The van der Waals surface area contributed by atoms with Crippen molar-refractivity contribution in [2.45, 2.75) is 85.1 Å². The monoisotopic (exact) mass is 1580 g/mol. The van der Waals surface area contributed by atoms with Crippen LogP contribution in [-0.2, 0) is 123 Å². The maximum absolute atomic E-state index is 8.68. The summed E-state index contributed by atoms with van der Waals surface area (Å²) >= 11 is 0. The van der Waals surface area contributed by atoms with Gasteiger partial charge in [0.2, 0.25) is 0 Å². The first-order chi connectivity index (χ1) is 27.0. The maximum Gasteiger partial charge on any atom is 2.00 e. The quantitative estimate of drug-likeness (QED) is 0.177. The molecule has 4 rings (SSSR count). The van der Waals surface area contributed by atoms with E-state index < -0.39 is 0 Å². The van der Waals surface area contributed by atoms with Gasteiger partial charge in [0, 0.05) is 0 Å². The van der Waals surface area contributed by atoms with Crippen LogP contribution in [0.2, 0.25) is 0 Å². The molecule has 64 heavy (non-hydrogen) atoms. The van der Waals surface area contributed by atoms with Gasteiger partial charge in [0.15, 0.2) is 0 Å². The molecule has 0 fully saturated rings. The molecule has 0 amide bonds. The zero-order chi connectivity index (χ0) is 44.9. The molecule has 0 aliphatic heterocycles. The average Bonchev–Trinajstić information content (AvgIpc) is 3.22. The Morgan fingerprint density at radius 3 is 0.375 bits per heavy atom. The summed E-state index contributed by atoms with van der Waals surface area (Å²) in [4.78, 5) is 69.4. The number of para-hydroxylation sites is 4. The molecule has 4 aromatic rings. The van der Waals surface area contributed by atoms with Gasteiger partial charge in [0.25, 0.3) is 0 Å². The molecular weight excluding hydrogens is 1500 g/mol. The van der Waals surface area contributed by atoms with E-state index in [4.69, 9.17) is 57.3 Å². The van der Waals surface area contributed by atoms with Crippen molar-refractivity contribution in [2.75, 3.05) is 28.4 Å². The average molecular weight is 1580 g/mol. The van der Waals surface area contributed by atoms with Crippen LogP contribution in [0.25, 0.3) is 0 Å². The summed E-state index contributed by atoms with van der Waals surface area (Å²) < 4.78 is 19.7. The molecule has 0 heterocycles. The van der Waals surface area contributed by atoms with Gasteiger partial charge in [0.05, 0.1) is 28.4 Å². The van der Waals surface area contributed by atoms with Crippen LogP contribution in [0.15, 0.2) is 121 Å². The Morgan fingerprint density at radius 1 is 0.250 bits per heavy atom. The Labute approximate surface area is 446 Å². The second-order valence-electron chi connectivity index (χ2n) is 7.70. The van der Waals surface area contributed by atoms with Crippen LogP contribution in [0, 0.1) is 0 Å². The molecule has 360 valence electrons. The largest absolute Gasteiger partial charge is 2.00 e. The predicted octanol–water partition coefficient (Wildman–Crippen LogP) is 10.2. The molecule has 16 heteroatoms. The van der Waals surface area contributed by atoms with Crippen molar-refractivity contribution < 1.29 is 142 Å². The first-order valence-electron chi connectivity index (χ1n) is 15.7. The maximum atomic E-state index is 8.68. The zero-order valence-electron chi connectivity index (χ0n) is 36.1. The van der Waals surface area contributed by atoms with E-state index in [1.54, 1.807) is 28.4 Å². The third-order valence-electron chi connectivity index (χ3n) is 3.92. The summed E-state index contributed by atoms with van der Waals surface area (Å²) in [5, 5.41) is 0. The summed E-state index contributed by atoms with van der Waals surface area (Å²) in [6.45, 7) is 10.6. The normalized spacial score (nSPS) is 5.94. The Bertz CT molecular complexity index is 1080. The summed E-state index contributed by atoms with van der Waals surface area (Å²) in [7, 11) is 6.65. The van der Waals surface area contributed by atoms with Gasteiger partial charge in [-0.05, 0) is 48.5 Å². The number of rotatable bonds is 4. The molecule has 0 atom stereocenters. The fourth-order valence-corrected chi connectivity index (χ4v) is 2.23. The molecule has 0 aliphatic rings. The zero-order valence-corrected chi connectivity index (χ0v) is 47.8. The van der Waals surface area contributed by atoms with Crippen molar-refractivity contribution in [2.24, 2.45) is 0 Å². The van der Waals surface area contributed by atoms with Crippen molar-refractivity contribution in [3.63, 3.8) is 0 Å². The van der Waals surface area contributed by atoms with Crippen molar-refractivity contribution in [1.82, 2.24) is 0 Å². The Balaban J connectivity index is -0.0000000286. The van der Waals surface area contributed by atoms with Crippen molar-refractivity contribution in [3.8, 4) is 23.0 Å². The standard InChI is InChI=1S/4C7H8O.8C2H3O.4CH4.4W/c4*1-8-7-5-3-2-4-6-7;8*1-2-3;;;;;;;;/h4*2-6H,1H3;8*1H3;4*1H4;;;;/q;;;;8*-1;;;;;4*+2. The number of methoxy groups -OCH3 is 4. The number of hydrogen-bond acceptors (Lipinski definition) is 12. The Morgan fingerprint density at radius 2 is 0.328 bits per heavy atom. The van der Waals surface area contributed by atoms with E-state index in [0.29, 0.717) is 0 Å². The van der Waals surface area contributed by atoms with Gasteiger partial charge in [-0.1, -0.05) is 103 Å². The third kappa shape index (κ3) is 145. The molecule has 0 saturated carbocycles. The van der Waals surface area contributed by atoms with Gasteiger partial charge in [-0.3, -0.25) is 50.3 Å². The van der Waals surface area contributed by atoms with Crippen LogP contribution >= 0.6 is 0 Å². The van der Waals surface area contributed by atoms with E-state index in [2.05, 4.69) is 0 Å². The van der Waals surface area contributed by atoms with Crippen LogP contribution in [0.4, 0.5) is 0 Å². The van der Waals surface area contributed by atoms with E-state index in [0.717, 1.165) is 23.0 Å². The minimum Gasteiger partial charge on any atom is -0.542 e. The number of ether oxygens (including phenoxy) is 4. The van der Waals surface area contributed by atoms with Gasteiger partial charge in [-0.2, -0.15) is 55.4 Å². The predicted molar refractivity (Wildman–Crippen MR) is 250 cm³/mol. The van der Waals surface area contributed by atoms with Crippen molar-refractivity contribution in [1.29, 1.82) is 0 Å². The minimum absolute atomic E-state index is 0. The number of benzene rings is 4. The summed E-state index contributed by atoms with van der Waals surface area (Å²) in [5.41, 5.74) is 0. The molecular formula is C48H72O12W4. The second kappa shape index (κ2) is 124. The molecule has 0 bridgehead atoms. The third-order valence-corrected chi connectivity index (χ3v) is 3.92. The molecule has 0 N–H and O–H groups in total. The molecule has 0 aromatic heterocycles. The van der Waals surface area contributed by atoms with Crippen LogP contribution in [0.5, 0.6) is 23.0 Å². The molecule has 0 spiro atoms. The van der Waals surface area contributed by atoms with E-state index >= 15 is 0 Å². The smallest absolute Gasteiger partial charge is 0.542 e. The summed E-state index contributed by atoms with van der Waals surface area (Å²) in [6, 6.07) is 38.7.